The lowest BCUT2D eigenvalue weighted by Crippen LogP contribution is -2.35. The molecule has 1 saturated heterocycles. The van der Waals surface area contributed by atoms with Gasteiger partial charge in [-0.1, -0.05) is 31.0 Å². The maximum Gasteiger partial charge on any atom is 0.233 e. The Balaban J connectivity index is 1.61. The number of likely N-dealkylation sites (tertiary alicyclic amines) is 1. The average Bonchev–Trinajstić information content (AvgIpc) is 3.00. The van der Waals surface area contributed by atoms with Crippen molar-refractivity contribution in [3.63, 3.8) is 0 Å². The Morgan fingerprint density at radius 2 is 1.77 bits per heavy atom. The Bertz CT molecular complexity index is 724. The summed E-state index contributed by atoms with van der Waals surface area (Å²) in [5, 5.41) is 8.83. The van der Waals surface area contributed by atoms with Crippen LogP contribution in [0, 0.1) is 0 Å². The Kier molecular flexibility index (Phi) is 6.38. The average molecular weight is 375 g/mol. The Morgan fingerprint density at radius 3 is 2.42 bits per heavy atom. The van der Waals surface area contributed by atoms with E-state index < -0.39 is 0 Å². The van der Waals surface area contributed by atoms with Crippen LogP contribution >= 0.6 is 11.8 Å². The number of nitrogen functional groups attached to an aromatic ring is 1. The molecule has 0 atom stereocenters. The molecule has 1 aromatic heterocycles. The number of benzene rings is 1. The zero-order valence-electron chi connectivity index (χ0n) is 15.1. The minimum absolute atomic E-state index is 0.144. The van der Waals surface area contributed by atoms with Crippen LogP contribution in [-0.2, 0) is 4.79 Å². The number of aromatic nitrogens is 3. The number of methoxy groups -OCH3 is 1. The number of amides is 1. The molecule has 0 unspecified atom stereocenters. The van der Waals surface area contributed by atoms with Crippen molar-refractivity contribution >= 4 is 17.7 Å². The number of rotatable bonds is 5. The van der Waals surface area contributed by atoms with E-state index in [0.29, 0.717) is 16.7 Å². The molecule has 1 fully saturated rings. The minimum Gasteiger partial charge on any atom is -0.497 e. The summed E-state index contributed by atoms with van der Waals surface area (Å²) in [6, 6.07) is 7.46. The first kappa shape index (κ1) is 18.6. The van der Waals surface area contributed by atoms with Gasteiger partial charge >= 0.3 is 0 Å². The van der Waals surface area contributed by atoms with Crippen molar-refractivity contribution in [2.45, 2.75) is 37.3 Å². The molecule has 1 aliphatic heterocycles. The SMILES string of the molecule is COc1ccc(-c2nnc(SCC(=O)N3CCCCCCC3)n2N)cc1. The number of nitrogens with zero attached hydrogens (tertiary/aromatic N) is 4. The predicted octanol–water partition coefficient (Wildman–Crippen LogP) is 2.55. The van der Waals surface area contributed by atoms with Crippen LogP contribution in [0.25, 0.3) is 11.4 Å². The third-order valence-corrected chi connectivity index (χ3v) is 5.47. The molecule has 1 amide bonds. The lowest BCUT2D eigenvalue weighted by Gasteiger charge is -2.24. The van der Waals surface area contributed by atoms with Gasteiger partial charge in [-0.3, -0.25) is 4.79 Å². The van der Waals surface area contributed by atoms with Crippen LogP contribution in [0.5, 0.6) is 5.75 Å². The number of nitrogens with two attached hydrogens (primary N) is 1. The summed E-state index contributed by atoms with van der Waals surface area (Å²) in [5.41, 5.74) is 0.850. The number of ether oxygens (including phenoxy) is 1. The maximum absolute atomic E-state index is 12.5. The standard InChI is InChI=1S/C18H25N5O2S/c1-25-15-9-7-14(8-10-15)17-20-21-18(23(17)19)26-13-16(24)22-11-5-3-2-4-6-12-22/h7-10H,2-6,11-13,19H2,1H3. The number of hydrogen-bond acceptors (Lipinski definition) is 6. The second-order valence-electron chi connectivity index (χ2n) is 6.34. The van der Waals surface area contributed by atoms with Gasteiger partial charge in [-0.2, -0.15) is 0 Å². The van der Waals surface area contributed by atoms with Crippen molar-refractivity contribution in [2.24, 2.45) is 0 Å². The summed E-state index contributed by atoms with van der Waals surface area (Å²) in [6.07, 6.45) is 5.87. The van der Waals surface area contributed by atoms with E-state index in [9.17, 15) is 4.79 Å². The van der Waals surface area contributed by atoms with E-state index in [1.54, 1.807) is 7.11 Å². The summed E-state index contributed by atoms with van der Waals surface area (Å²) < 4.78 is 6.60. The number of carbonyl (C=O) groups excluding carboxylic acids is 1. The Hall–Kier alpha value is -2.22. The summed E-state index contributed by atoms with van der Waals surface area (Å²) in [6.45, 7) is 1.71. The van der Waals surface area contributed by atoms with Gasteiger partial charge < -0.3 is 15.5 Å². The summed E-state index contributed by atoms with van der Waals surface area (Å²) in [4.78, 5) is 14.5. The smallest absolute Gasteiger partial charge is 0.233 e. The van der Waals surface area contributed by atoms with Crippen molar-refractivity contribution < 1.29 is 9.53 Å². The van der Waals surface area contributed by atoms with Gasteiger partial charge in [0, 0.05) is 18.7 Å². The van der Waals surface area contributed by atoms with E-state index in [-0.39, 0.29) is 5.91 Å². The van der Waals surface area contributed by atoms with Crippen LogP contribution in [0.3, 0.4) is 0 Å². The van der Waals surface area contributed by atoms with Gasteiger partial charge in [0.1, 0.15) is 5.75 Å². The summed E-state index contributed by atoms with van der Waals surface area (Å²) in [5.74, 6) is 7.94. The van der Waals surface area contributed by atoms with E-state index in [2.05, 4.69) is 10.2 Å². The van der Waals surface area contributed by atoms with Crippen LogP contribution in [0.2, 0.25) is 0 Å². The third-order valence-electron chi connectivity index (χ3n) is 4.55. The van der Waals surface area contributed by atoms with Gasteiger partial charge in [-0.05, 0) is 37.1 Å². The summed E-state index contributed by atoms with van der Waals surface area (Å²) in [7, 11) is 1.62. The predicted molar refractivity (Wildman–Crippen MR) is 103 cm³/mol. The third kappa shape index (κ3) is 4.49. The molecule has 7 nitrogen and oxygen atoms in total. The van der Waals surface area contributed by atoms with Gasteiger partial charge in [-0.25, -0.2) is 4.68 Å². The Labute approximate surface area is 157 Å². The first-order chi connectivity index (χ1) is 12.7. The molecule has 0 spiro atoms. The highest BCUT2D eigenvalue weighted by Gasteiger charge is 2.18. The highest BCUT2D eigenvalue weighted by atomic mass is 32.2. The van der Waals surface area contributed by atoms with E-state index >= 15 is 0 Å². The topological polar surface area (TPSA) is 86.3 Å². The van der Waals surface area contributed by atoms with Gasteiger partial charge in [-0.15, -0.1) is 10.2 Å². The summed E-state index contributed by atoms with van der Waals surface area (Å²) >= 11 is 1.33. The first-order valence-electron chi connectivity index (χ1n) is 8.94. The van der Waals surface area contributed by atoms with Gasteiger partial charge in [0.15, 0.2) is 5.82 Å². The van der Waals surface area contributed by atoms with E-state index in [1.807, 2.05) is 29.2 Å². The van der Waals surface area contributed by atoms with Crippen molar-refractivity contribution in [3.8, 4) is 17.1 Å². The molecule has 1 aromatic carbocycles. The van der Waals surface area contributed by atoms with Crippen molar-refractivity contribution in [2.75, 3.05) is 31.8 Å². The number of hydrogen-bond donors (Lipinski definition) is 1. The molecule has 2 heterocycles. The monoisotopic (exact) mass is 375 g/mol. The van der Waals surface area contributed by atoms with Crippen LogP contribution in [-0.4, -0.2) is 51.6 Å². The number of thioether (sulfide) groups is 1. The highest BCUT2D eigenvalue weighted by Crippen LogP contribution is 2.24. The van der Waals surface area contributed by atoms with Gasteiger partial charge in [0.25, 0.3) is 0 Å². The largest absolute Gasteiger partial charge is 0.497 e. The minimum atomic E-state index is 0.144. The van der Waals surface area contributed by atoms with Crippen molar-refractivity contribution in [3.05, 3.63) is 24.3 Å². The molecule has 2 N–H and O–H groups in total. The van der Waals surface area contributed by atoms with E-state index in [0.717, 1.165) is 37.2 Å². The molecule has 0 radical (unpaired) electrons. The van der Waals surface area contributed by atoms with Crippen molar-refractivity contribution in [1.82, 2.24) is 19.8 Å². The highest BCUT2D eigenvalue weighted by molar-refractivity contribution is 7.99. The fourth-order valence-electron chi connectivity index (χ4n) is 3.03. The zero-order valence-corrected chi connectivity index (χ0v) is 15.9. The molecule has 0 bridgehead atoms. The molecule has 2 aromatic rings. The molecule has 26 heavy (non-hydrogen) atoms. The molecular formula is C18H25N5O2S. The second-order valence-corrected chi connectivity index (χ2v) is 7.28. The van der Waals surface area contributed by atoms with E-state index in [1.165, 1.54) is 35.7 Å². The van der Waals surface area contributed by atoms with Gasteiger partial charge in [0.05, 0.1) is 12.9 Å². The van der Waals surface area contributed by atoms with Crippen LogP contribution in [0.1, 0.15) is 32.1 Å². The van der Waals surface area contributed by atoms with Crippen LogP contribution < -0.4 is 10.6 Å². The fourth-order valence-corrected chi connectivity index (χ4v) is 3.79. The molecule has 1 aliphatic rings. The lowest BCUT2D eigenvalue weighted by molar-refractivity contribution is -0.128. The first-order valence-corrected chi connectivity index (χ1v) is 9.93. The molecule has 0 saturated carbocycles. The molecule has 8 heteroatoms. The molecule has 140 valence electrons. The maximum atomic E-state index is 12.5. The number of carbonyl (C=O) groups is 1. The normalized spacial score (nSPS) is 15.3. The van der Waals surface area contributed by atoms with Crippen molar-refractivity contribution in [1.29, 1.82) is 0 Å². The second kappa shape index (κ2) is 8.93. The Morgan fingerprint density at radius 1 is 1.12 bits per heavy atom. The lowest BCUT2D eigenvalue weighted by atomic mass is 10.1. The fraction of sp³-hybridized carbons (Fsp3) is 0.500. The zero-order chi connectivity index (χ0) is 18.4. The molecular weight excluding hydrogens is 350 g/mol. The van der Waals surface area contributed by atoms with Crippen LogP contribution in [0.4, 0.5) is 0 Å². The van der Waals surface area contributed by atoms with Gasteiger partial charge in [0.2, 0.25) is 11.1 Å². The van der Waals surface area contributed by atoms with Crippen LogP contribution in [0.15, 0.2) is 29.4 Å². The van der Waals surface area contributed by atoms with E-state index in [4.69, 9.17) is 10.6 Å². The molecule has 3 rings (SSSR count). The quantitative estimate of drug-likeness (QED) is 0.638. The molecule has 0 aliphatic carbocycles.